The van der Waals surface area contributed by atoms with Gasteiger partial charge in [0.05, 0.1) is 29.4 Å². The van der Waals surface area contributed by atoms with Crippen LogP contribution in [-0.2, 0) is 30.4 Å². The standard InChI is InChI=1S/C36H38N8O11S3.CH4O/c1-21-14-30(41-44-33-17-24-7-8-26(37-4)16-25(24)18-35(33)57(48,49)50)22(2)13-29(21)40-43-32-15-23(3)31(20-34(32)54-11-6-12-56(45,46)47)42-39-28-10-9-27(55-38-5)19-36(28)58(51,52)53;1-2/h7-10,13-20,37-38H,6,11-12H2,1-5H3,(H,45,46,47)(H,48,49,50)(H,51,52,53);2H,1H3. The number of hydrogen-bond donors (Lipinski definition) is 6. The predicted molar refractivity (Wildman–Crippen MR) is 224 cm³/mol. The summed E-state index contributed by atoms with van der Waals surface area (Å²) in [6, 6.07) is 18.2. The number of aliphatic hydroxyl groups excluding tert-OH is 1. The second-order valence-corrected chi connectivity index (χ2v) is 17.0. The van der Waals surface area contributed by atoms with Crippen molar-refractivity contribution in [3.63, 3.8) is 0 Å². The van der Waals surface area contributed by atoms with Gasteiger partial charge in [-0.15, -0.1) is 15.3 Å². The fraction of sp³-hybridized carbons (Fsp3) is 0.243. The summed E-state index contributed by atoms with van der Waals surface area (Å²) >= 11 is 0. The number of aliphatic hydroxyl groups is 1. The normalized spacial score (nSPS) is 12.3. The molecular formula is C37H42N8O12S3. The zero-order valence-corrected chi connectivity index (χ0v) is 35.5. The molecule has 0 bridgehead atoms. The highest BCUT2D eigenvalue weighted by molar-refractivity contribution is 7.86. The van der Waals surface area contributed by atoms with Crippen molar-refractivity contribution in [2.24, 2.45) is 30.7 Å². The van der Waals surface area contributed by atoms with Gasteiger partial charge >= 0.3 is 0 Å². The van der Waals surface area contributed by atoms with Gasteiger partial charge in [0.25, 0.3) is 30.4 Å². The molecule has 0 heterocycles. The van der Waals surface area contributed by atoms with Crippen LogP contribution in [0.1, 0.15) is 23.1 Å². The molecule has 320 valence electrons. The maximum atomic E-state index is 12.3. The molecule has 6 N–H and O–H groups in total. The van der Waals surface area contributed by atoms with E-state index in [2.05, 4.69) is 41.5 Å². The fourth-order valence-electron chi connectivity index (χ4n) is 5.38. The van der Waals surface area contributed by atoms with Gasteiger partial charge < -0.3 is 20.0 Å². The van der Waals surface area contributed by atoms with Crippen LogP contribution in [0.15, 0.2) is 113 Å². The summed E-state index contributed by atoms with van der Waals surface area (Å²) in [5.41, 5.74) is 5.80. The molecule has 0 radical (unpaired) electrons. The van der Waals surface area contributed by atoms with Gasteiger partial charge in [-0.25, -0.2) is 0 Å². The summed E-state index contributed by atoms with van der Waals surface area (Å²) in [6.07, 6.45) is -0.0740. The third-order valence-corrected chi connectivity index (χ3v) is 10.9. The van der Waals surface area contributed by atoms with Crippen LogP contribution >= 0.6 is 0 Å². The highest BCUT2D eigenvalue weighted by atomic mass is 32.2. The molecule has 0 aromatic heterocycles. The van der Waals surface area contributed by atoms with Crippen LogP contribution < -0.4 is 20.4 Å². The van der Waals surface area contributed by atoms with Gasteiger partial charge in [0, 0.05) is 39.0 Å². The maximum Gasteiger partial charge on any atom is 0.296 e. The largest absolute Gasteiger partial charge is 0.491 e. The van der Waals surface area contributed by atoms with Gasteiger partial charge in [0.1, 0.15) is 38.4 Å². The first-order chi connectivity index (χ1) is 28.2. The first-order valence-electron chi connectivity index (χ1n) is 17.5. The lowest BCUT2D eigenvalue weighted by Crippen LogP contribution is -2.11. The number of hydrogen-bond acceptors (Lipinski definition) is 17. The first kappa shape index (κ1) is 46.9. The quantitative estimate of drug-likeness (QED) is 0.0235. The van der Waals surface area contributed by atoms with Crippen molar-refractivity contribution in [3.05, 3.63) is 89.5 Å². The van der Waals surface area contributed by atoms with Crippen LogP contribution in [0, 0.1) is 20.8 Å². The number of fused-ring (bicyclic) bond motifs is 1. The van der Waals surface area contributed by atoms with Crippen molar-refractivity contribution in [2.75, 3.05) is 38.9 Å². The first-order valence-corrected chi connectivity index (χ1v) is 22.0. The molecule has 0 aliphatic carbocycles. The van der Waals surface area contributed by atoms with E-state index in [-0.39, 0.29) is 47.3 Å². The van der Waals surface area contributed by atoms with Crippen LogP contribution in [0.4, 0.5) is 39.8 Å². The number of ether oxygens (including phenoxy) is 1. The van der Waals surface area contributed by atoms with Crippen molar-refractivity contribution in [1.82, 2.24) is 5.48 Å². The minimum Gasteiger partial charge on any atom is -0.491 e. The predicted octanol–water partition coefficient (Wildman–Crippen LogP) is 8.32. The lowest BCUT2D eigenvalue weighted by atomic mass is 10.1. The SMILES string of the molecule is CNOc1ccc(N=Nc2cc(OCCCS(=O)(=O)O)c(N=Nc3cc(C)c(N=Nc4cc5ccc(NC)cc5cc4S(=O)(=O)O)cc3C)cc2C)c(S(=O)(=O)O)c1.CO. The Balaban J connectivity index is 0.00000391. The van der Waals surface area contributed by atoms with E-state index in [1.54, 1.807) is 58.2 Å². The van der Waals surface area contributed by atoms with E-state index in [0.29, 0.717) is 38.8 Å². The summed E-state index contributed by atoms with van der Waals surface area (Å²) in [6.45, 7) is 4.98. The van der Waals surface area contributed by atoms with E-state index in [1.165, 1.54) is 37.4 Å². The Kier molecular flexibility index (Phi) is 15.6. The van der Waals surface area contributed by atoms with Crippen molar-refractivity contribution in [3.8, 4) is 11.5 Å². The molecule has 60 heavy (non-hydrogen) atoms. The molecule has 0 atom stereocenters. The van der Waals surface area contributed by atoms with E-state index in [0.717, 1.165) is 18.9 Å². The lowest BCUT2D eigenvalue weighted by molar-refractivity contribution is 0.223. The third-order valence-electron chi connectivity index (χ3n) is 8.31. The molecule has 0 aliphatic heterocycles. The second-order valence-electron chi connectivity index (χ2n) is 12.6. The molecule has 5 aromatic rings. The van der Waals surface area contributed by atoms with E-state index in [4.69, 9.17) is 19.2 Å². The monoisotopic (exact) mass is 886 g/mol. The molecule has 0 fully saturated rings. The van der Waals surface area contributed by atoms with Crippen LogP contribution in [0.25, 0.3) is 10.8 Å². The smallest absolute Gasteiger partial charge is 0.296 e. The van der Waals surface area contributed by atoms with Gasteiger partial charge in [-0.3, -0.25) is 13.7 Å². The Bertz CT molecular complexity index is 2820. The molecule has 5 rings (SSSR count). The van der Waals surface area contributed by atoms with Crippen LogP contribution in [0.5, 0.6) is 11.5 Å². The molecule has 0 spiro atoms. The van der Waals surface area contributed by atoms with E-state index in [1.807, 2.05) is 6.07 Å². The van der Waals surface area contributed by atoms with E-state index in [9.17, 15) is 34.4 Å². The second kappa shape index (κ2) is 20.0. The van der Waals surface area contributed by atoms with Crippen molar-refractivity contribution in [1.29, 1.82) is 0 Å². The average molecular weight is 887 g/mol. The maximum absolute atomic E-state index is 12.3. The topological polar surface area (TPSA) is 300 Å². The highest BCUT2D eigenvalue weighted by Gasteiger charge is 2.19. The Morgan fingerprint density at radius 1 is 0.567 bits per heavy atom. The van der Waals surface area contributed by atoms with Crippen LogP contribution in [-0.4, -0.2) is 77.6 Å². The number of nitrogens with one attached hydrogen (secondary N) is 2. The van der Waals surface area contributed by atoms with E-state index >= 15 is 0 Å². The Labute approximate surface area is 346 Å². The lowest BCUT2D eigenvalue weighted by Gasteiger charge is -2.11. The average Bonchev–Trinajstić information content (AvgIpc) is 3.18. The number of benzene rings is 5. The Morgan fingerprint density at radius 3 is 1.63 bits per heavy atom. The minimum absolute atomic E-state index is 0.0635. The molecule has 20 nitrogen and oxygen atoms in total. The fourth-order valence-corrected chi connectivity index (χ4v) is 7.14. The zero-order chi connectivity index (χ0) is 44.4. The van der Waals surface area contributed by atoms with Gasteiger partial charge in [0.15, 0.2) is 0 Å². The van der Waals surface area contributed by atoms with Crippen LogP contribution in [0.2, 0.25) is 0 Å². The van der Waals surface area contributed by atoms with Gasteiger partial charge in [0.2, 0.25) is 0 Å². The highest BCUT2D eigenvalue weighted by Crippen LogP contribution is 2.39. The molecule has 5 aromatic carbocycles. The van der Waals surface area contributed by atoms with Gasteiger partial charge in [-0.05, 0) is 109 Å². The number of nitrogens with zero attached hydrogens (tertiary/aromatic N) is 6. The number of hydroxylamine groups is 1. The summed E-state index contributed by atoms with van der Waals surface area (Å²) in [5, 5.41) is 36.7. The molecule has 0 amide bonds. The van der Waals surface area contributed by atoms with Gasteiger partial charge in [-0.1, -0.05) is 6.07 Å². The number of aryl methyl sites for hydroxylation is 3. The number of azo groups is 3. The summed E-state index contributed by atoms with van der Waals surface area (Å²) in [5.74, 6) is -0.381. The zero-order valence-electron chi connectivity index (χ0n) is 33.0. The summed E-state index contributed by atoms with van der Waals surface area (Å²) < 4.78 is 106. The molecule has 23 heteroatoms. The van der Waals surface area contributed by atoms with Crippen molar-refractivity contribution < 1.29 is 53.6 Å². The van der Waals surface area contributed by atoms with Gasteiger partial charge in [-0.2, -0.15) is 46.1 Å². The van der Waals surface area contributed by atoms with Crippen molar-refractivity contribution in [2.45, 2.75) is 37.0 Å². The molecule has 0 saturated carbocycles. The third kappa shape index (κ3) is 12.6. The molecule has 0 aliphatic rings. The Morgan fingerprint density at radius 2 is 1.08 bits per heavy atom. The Hall–Kier alpha value is -5.79. The van der Waals surface area contributed by atoms with Crippen molar-refractivity contribution >= 4 is 80.9 Å². The molecule has 0 saturated heterocycles. The molecule has 0 unspecified atom stereocenters. The number of rotatable bonds is 16. The van der Waals surface area contributed by atoms with E-state index < -0.39 is 45.9 Å². The molecular weight excluding hydrogens is 845 g/mol. The minimum atomic E-state index is -4.73. The van der Waals surface area contributed by atoms with Crippen LogP contribution in [0.3, 0.4) is 0 Å². The number of anilines is 1. The summed E-state index contributed by atoms with van der Waals surface area (Å²) in [7, 11) is -9.46. The summed E-state index contributed by atoms with van der Waals surface area (Å²) in [4.78, 5) is 4.11.